The van der Waals surface area contributed by atoms with Crippen LogP contribution in [-0.4, -0.2) is 29.1 Å². The molecule has 0 bridgehead atoms. The van der Waals surface area contributed by atoms with Gasteiger partial charge in [0.15, 0.2) is 11.4 Å². The second-order valence-corrected chi connectivity index (χ2v) is 4.72. The summed E-state index contributed by atoms with van der Waals surface area (Å²) in [5, 5.41) is 8.99. The minimum absolute atomic E-state index is 0.0488. The molecule has 0 aromatic carbocycles. The summed E-state index contributed by atoms with van der Waals surface area (Å²) >= 11 is 0. The number of carbonyl (C=O) groups excluding carboxylic acids is 2. The van der Waals surface area contributed by atoms with Crippen LogP contribution < -0.4 is 0 Å². The van der Waals surface area contributed by atoms with Crippen LogP contribution in [0.5, 0.6) is 0 Å². The van der Waals surface area contributed by atoms with Gasteiger partial charge in [0.25, 0.3) is 0 Å². The Morgan fingerprint density at radius 3 is 2.56 bits per heavy atom. The van der Waals surface area contributed by atoms with Gasteiger partial charge in [-0.25, -0.2) is 0 Å². The van der Waals surface area contributed by atoms with Crippen LogP contribution in [0.4, 0.5) is 0 Å². The number of esters is 1. The summed E-state index contributed by atoms with van der Waals surface area (Å²) in [7, 11) is 0. The van der Waals surface area contributed by atoms with E-state index in [2.05, 4.69) is 11.8 Å². The lowest BCUT2D eigenvalue weighted by molar-refractivity contribution is -0.193. The van der Waals surface area contributed by atoms with E-state index in [0.29, 0.717) is 0 Å². The maximum absolute atomic E-state index is 11.3. The highest BCUT2D eigenvalue weighted by Crippen LogP contribution is 2.32. The molecular formula is C12H16O4. The number of carbonyl (C=O) groups is 2. The molecule has 1 saturated heterocycles. The number of aliphatic hydroxyl groups excluding tert-OH is 1. The van der Waals surface area contributed by atoms with Crippen molar-refractivity contribution in [1.82, 2.24) is 0 Å². The van der Waals surface area contributed by atoms with Crippen LogP contribution in [0.25, 0.3) is 0 Å². The summed E-state index contributed by atoms with van der Waals surface area (Å²) in [4.78, 5) is 22.1. The molecule has 1 aliphatic heterocycles. The van der Waals surface area contributed by atoms with E-state index in [9.17, 15) is 9.59 Å². The van der Waals surface area contributed by atoms with Crippen LogP contribution in [0.1, 0.15) is 33.6 Å². The van der Waals surface area contributed by atoms with Gasteiger partial charge in [-0.1, -0.05) is 11.8 Å². The standard InChI is InChI=1S/C12H16O4/c1-9(14)12(7-10(15)16-12)6-4-5-11(2,3)8-13/h13H,6-8H2,1-3H3/t12-/m1/s1. The molecule has 1 N–H and O–H groups in total. The Hall–Kier alpha value is -1.34. The second-order valence-electron chi connectivity index (χ2n) is 4.72. The quantitative estimate of drug-likeness (QED) is 0.565. The number of cyclic esters (lactones) is 1. The Morgan fingerprint density at radius 2 is 2.19 bits per heavy atom. The Morgan fingerprint density at radius 1 is 1.62 bits per heavy atom. The van der Waals surface area contributed by atoms with Crippen LogP contribution >= 0.6 is 0 Å². The van der Waals surface area contributed by atoms with Crippen molar-refractivity contribution in [2.24, 2.45) is 5.41 Å². The van der Waals surface area contributed by atoms with Crippen LogP contribution in [-0.2, 0) is 14.3 Å². The number of Topliss-reactive ketones (excluding diaryl/α,β-unsaturated/α-hetero) is 1. The predicted octanol–water partition coefficient (Wildman–Crippen LogP) is 0.673. The van der Waals surface area contributed by atoms with Crippen LogP contribution in [0.2, 0.25) is 0 Å². The fraction of sp³-hybridized carbons (Fsp3) is 0.667. The Balaban J connectivity index is 2.66. The summed E-state index contributed by atoms with van der Waals surface area (Å²) in [5.74, 6) is 5.13. The zero-order chi connectivity index (χ0) is 12.4. The summed E-state index contributed by atoms with van der Waals surface area (Å²) in [6.45, 7) is 4.94. The molecule has 0 aliphatic carbocycles. The maximum Gasteiger partial charge on any atom is 0.311 e. The van der Waals surface area contributed by atoms with Gasteiger partial charge < -0.3 is 9.84 Å². The lowest BCUT2D eigenvalue weighted by atomic mass is 9.86. The van der Waals surface area contributed by atoms with Gasteiger partial charge in [-0.3, -0.25) is 9.59 Å². The molecule has 0 aromatic heterocycles. The number of rotatable bonds is 3. The SMILES string of the molecule is CC(=O)[C@@]1(CC#CC(C)(C)CO)CC(=O)O1. The normalized spacial score (nSPS) is 23.9. The molecule has 1 atom stereocenters. The summed E-state index contributed by atoms with van der Waals surface area (Å²) in [6.07, 6.45) is 0.314. The summed E-state index contributed by atoms with van der Waals surface area (Å²) < 4.78 is 4.88. The molecule has 0 radical (unpaired) electrons. The van der Waals surface area contributed by atoms with E-state index >= 15 is 0 Å². The maximum atomic E-state index is 11.3. The highest BCUT2D eigenvalue weighted by Gasteiger charge is 2.49. The molecule has 1 fully saturated rings. The Labute approximate surface area is 95.0 Å². The van der Waals surface area contributed by atoms with E-state index in [1.54, 1.807) is 13.8 Å². The fourth-order valence-corrected chi connectivity index (χ4v) is 1.33. The fourth-order valence-electron chi connectivity index (χ4n) is 1.33. The lowest BCUT2D eigenvalue weighted by Gasteiger charge is -2.36. The summed E-state index contributed by atoms with van der Waals surface area (Å²) in [5.41, 5.74) is -1.53. The third kappa shape index (κ3) is 2.61. The van der Waals surface area contributed by atoms with Crippen molar-refractivity contribution in [2.75, 3.05) is 6.61 Å². The van der Waals surface area contributed by atoms with E-state index in [1.807, 2.05) is 0 Å². The molecule has 0 aromatic rings. The van der Waals surface area contributed by atoms with Crippen molar-refractivity contribution in [3.05, 3.63) is 0 Å². The van der Waals surface area contributed by atoms with Gasteiger partial charge in [-0.05, 0) is 20.8 Å². The molecule has 16 heavy (non-hydrogen) atoms. The molecule has 0 saturated carbocycles. The van der Waals surface area contributed by atoms with E-state index in [1.165, 1.54) is 6.92 Å². The Bertz CT molecular complexity index is 362. The highest BCUT2D eigenvalue weighted by atomic mass is 16.6. The van der Waals surface area contributed by atoms with Gasteiger partial charge >= 0.3 is 5.97 Å². The number of hydrogen-bond acceptors (Lipinski definition) is 4. The number of ketones is 1. The Kier molecular flexibility index (Phi) is 3.39. The molecule has 1 heterocycles. The lowest BCUT2D eigenvalue weighted by Crippen LogP contribution is -2.52. The minimum Gasteiger partial charge on any atom is -0.449 e. The first-order valence-corrected chi connectivity index (χ1v) is 5.15. The van der Waals surface area contributed by atoms with E-state index < -0.39 is 11.0 Å². The third-order valence-electron chi connectivity index (χ3n) is 2.58. The van der Waals surface area contributed by atoms with Crippen LogP contribution in [0.15, 0.2) is 0 Å². The first-order valence-electron chi connectivity index (χ1n) is 5.15. The average molecular weight is 224 g/mol. The van der Waals surface area contributed by atoms with E-state index in [-0.39, 0.29) is 31.2 Å². The zero-order valence-electron chi connectivity index (χ0n) is 9.79. The zero-order valence-corrected chi connectivity index (χ0v) is 9.79. The minimum atomic E-state index is -1.03. The predicted molar refractivity (Wildman–Crippen MR) is 57.4 cm³/mol. The monoisotopic (exact) mass is 224 g/mol. The van der Waals surface area contributed by atoms with Gasteiger partial charge in [-0.2, -0.15) is 0 Å². The van der Waals surface area contributed by atoms with Crippen LogP contribution in [0.3, 0.4) is 0 Å². The smallest absolute Gasteiger partial charge is 0.311 e. The van der Waals surface area contributed by atoms with Crippen molar-refractivity contribution >= 4 is 11.8 Å². The van der Waals surface area contributed by atoms with Gasteiger partial charge in [-0.15, -0.1) is 0 Å². The molecular weight excluding hydrogens is 208 g/mol. The van der Waals surface area contributed by atoms with Gasteiger partial charge in [0, 0.05) is 5.41 Å². The van der Waals surface area contributed by atoms with Gasteiger partial charge in [0.1, 0.15) is 0 Å². The molecule has 4 heteroatoms. The summed E-state index contributed by atoms with van der Waals surface area (Å²) in [6, 6.07) is 0. The van der Waals surface area contributed by atoms with Crippen molar-refractivity contribution in [2.45, 2.75) is 39.2 Å². The number of ether oxygens (including phenoxy) is 1. The molecule has 88 valence electrons. The average Bonchev–Trinajstić information content (AvgIpc) is 2.14. The van der Waals surface area contributed by atoms with Crippen molar-refractivity contribution in [3.63, 3.8) is 0 Å². The highest BCUT2D eigenvalue weighted by molar-refractivity contribution is 5.96. The molecule has 1 rings (SSSR count). The van der Waals surface area contributed by atoms with Gasteiger partial charge in [0.2, 0.25) is 0 Å². The first kappa shape index (κ1) is 12.7. The molecule has 0 unspecified atom stereocenters. The van der Waals surface area contributed by atoms with Crippen molar-refractivity contribution in [1.29, 1.82) is 0 Å². The largest absolute Gasteiger partial charge is 0.449 e. The molecule has 0 amide bonds. The van der Waals surface area contributed by atoms with Crippen molar-refractivity contribution in [3.8, 4) is 11.8 Å². The first-order chi connectivity index (χ1) is 7.31. The number of hydrogen-bond donors (Lipinski definition) is 1. The van der Waals surface area contributed by atoms with E-state index in [4.69, 9.17) is 9.84 Å². The van der Waals surface area contributed by atoms with Crippen LogP contribution in [0, 0.1) is 17.3 Å². The molecule has 1 aliphatic rings. The van der Waals surface area contributed by atoms with E-state index in [0.717, 1.165) is 0 Å². The van der Waals surface area contributed by atoms with Crippen molar-refractivity contribution < 1.29 is 19.4 Å². The molecule has 4 nitrogen and oxygen atoms in total. The number of aliphatic hydroxyl groups is 1. The second kappa shape index (κ2) is 4.26. The van der Waals surface area contributed by atoms with Gasteiger partial charge in [0.05, 0.1) is 19.4 Å². The topological polar surface area (TPSA) is 63.6 Å². The third-order valence-corrected chi connectivity index (χ3v) is 2.58. The molecule has 0 spiro atoms.